The minimum absolute atomic E-state index is 0.221. The minimum Gasteiger partial charge on any atom is -0.373 e. The first-order valence-electron chi connectivity index (χ1n) is 6.61. The van der Waals surface area contributed by atoms with Crippen LogP contribution < -0.4 is 10.6 Å². The van der Waals surface area contributed by atoms with Crippen LogP contribution in [0, 0.1) is 0 Å². The highest BCUT2D eigenvalue weighted by atomic mass is 32.2. The van der Waals surface area contributed by atoms with E-state index < -0.39 is 11.7 Å². The van der Waals surface area contributed by atoms with Crippen LogP contribution in [-0.2, 0) is 6.18 Å². The number of nitrogens with one attached hydrogen (secondary N) is 2. The summed E-state index contributed by atoms with van der Waals surface area (Å²) in [7, 11) is 1.56. The number of rotatable bonds is 4. The van der Waals surface area contributed by atoms with Crippen LogP contribution in [0.5, 0.6) is 0 Å². The largest absolute Gasteiger partial charge is 0.416 e. The van der Waals surface area contributed by atoms with Gasteiger partial charge in [-0.25, -0.2) is 4.98 Å². The molecule has 1 unspecified atom stereocenters. The average Bonchev–Trinajstić information content (AvgIpc) is 2.45. The molecule has 1 aromatic heterocycles. The zero-order chi connectivity index (χ0) is 14.6. The predicted octanol–water partition coefficient (Wildman–Crippen LogP) is 3.84. The lowest BCUT2D eigenvalue weighted by Gasteiger charge is -2.22. The number of anilines is 2. The lowest BCUT2D eigenvalue weighted by molar-refractivity contribution is -0.137. The molecule has 0 amide bonds. The van der Waals surface area contributed by atoms with E-state index in [1.807, 2.05) is 11.8 Å². The van der Waals surface area contributed by atoms with Gasteiger partial charge in [0.05, 0.1) is 5.56 Å². The summed E-state index contributed by atoms with van der Waals surface area (Å²) in [5.74, 6) is 1.62. The summed E-state index contributed by atoms with van der Waals surface area (Å²) in [5, 5.41) is 6.15. The number of nitrogens with zero attached hydrogens (tertiary/aromatic N) is 1. The van der Waals surface area contributed by atoms with Crippen LogP contribution in [-0.4, -0.2) is 29.6 Å². The molecule has 7 heteroatoms. The van der Waals surface area contributed by atoms with E-state index in [1.165, 1.54) is 12.8 Å². The van der Waals surface area contributed by atoms with Gasteiger partial charge in [-0.3, -0.25) is 0 Å². The Morgan fingerprint density at radius 3 is 2.65 bits per heavy atom. The Morgan fingerprint density at radius 2 is 2.05 bits per heavy atom. The van der Waals surface area contributed by atoms with Crippen molar-refractivity contribution in [3.8, 4) is 0 Å². The third kappa shape index (κ3) is 4.19. The highest BCUT2D eigenvalue weighted by Crippen LogP contribution is 2.32. The van der Waals surface area contributed by atoms with E-state index in [-0.39, 0.29) is 11.6 Å². The summed E-state index contributed by atoms with van der Waals surface area (Å²) >= 11 is 1.87. The highest BCUT2D eigenvalue weighted by molar-refractivity contribution is 7.99. The van der Waals surface area contributed by atoms with E-state index >= 15 is 0 Å². The molecule has 1 atom stereocenters. The van der Waals surface area contributed by atoms with Crippen molar-refractivity contribution >= 4 is 23.4 Å². The van der Waals surface area contributed by atoms with Crippen molar-refractivity contribution in [2.45, 2.75) is 30.7 Å². The number of pyridine rings is 1. The van der Waals surface area contributed by atoms with Crippen LogP contribution in [0.2, 0.25) is 0 Å². The Hall–Kier alpha value is -1.11. The first kappa shape index (κ1) is 15.3. The Bertz CT molecular complexity index is 445. The van der Waals surface area contributed by atoms with E-state index in [0.717, 1.165) is 24.3 Å². The van der Waals surface area contributed by atoms with Gasteiger partial charge in [0.1, 0.15) is 11.6 Å². The Balaban J connectivity index is 2.06. The molecule has 3 nitrogen and oxygen atoms in total. The molecule has 0 radical (unpaired) electrons. The van der Waals surface area contributed by atoms with Crippen molar-refractivity contribution in [2.75, 3.05) is 30.0 Å². The Morgan fingerprint density at radius 1 is 1.30 bits per heavy atom. The molecular formula is C13H18F3N3S. The normalized spacial score (nSPS) is 19.7. The Labute approximate surface area is 120 Å². The summed E-state index contributed by atoms with van der Waals surface area (Å²) in [6, 6.07) is 2.08. The first-order chi connectivity index (χ1) is 9.49. The van der Waals surface area contributed by atoms with Gasteiger partial charge in [-0.2, -0.15) is 24.9 Å². The molecule has 1 aliphatic heterocycles. The van der Waals surface area contributed by atoms with Crippen molar-refractivity contribution in [1.82, 2.24) is 4.98 Å². The minimum atomic E-state index is -4.36. The number of halogens is 3. The maximum absolute atomic E-state index is 12.8. The molecule has 0 bridgehead atoms. The fraction of sp³-hybridized carbons (Fsp3) is 0.615. The molecule has 2 heterocycles. The molecule has 0 aliphatic carbocycles. The number of alkyl halides is 3. The fourth-order valence-corrected chi connectivity index (χ4v) is 3.34. The highest BCUT2D eigenvalue weighted by Gasteiger charge is 2.31. The second-order valence-corrected chi connectivity index (χ2v) is 6.15. The second kappa shape index (κ2) is 6.56. The molecule has 1 saturated heterocycles. The number of aromatic nitrogens is 1. The summed E-state index contributed by atoms with van der Waals surface area (Å²) < 4.78 is 38.4. The third-order valence-corrected chi connectivity index (χ3v) is 4.59. The smallest absolute Gasteiger partial charge is 0.373 e. The van der Waals surface area contributed by atoms with Gasteiger partial charge in [0.15, 0.2) is 0 Å². The van der Waals surface area contributed by atoms with E-state index in [0.29, 0.717) is 11.8 Å². The molecule has 112 valence electrons. The van der Waals surface area contributed by atoms with Crippen molar-refractivity contribution < 1.29 is 13.2 Å². The van der Waals surface area contributed by atoms with E-state index in [2.05, 4.69) is 15.6 Å². The van der Waals surface area contributed by atoms with Gasteiger partial charge in [-0.15, -0.1) is 0 Å². The summed E-state index contributed by atoms with van der Waals surface area (Å²) in [4.78, 5) is 4.12. The van der Waals surface area contributed by atoms with Gasteiger partial charge in [-0.1, -0.05) is 6.42 Å². The number of hydrogen-bond acceptors (Lipinski definition) is 4. The average molecular weight is 305 g/mol. The summed E-state index contributed by atoms with van der Waals surface area (Å²) in [6.45, 7) is 0.655. The van der Waals surface area contributed by atoms with Crippen LogP contribution >= 0.6 is 11.8 Å². The van der Waals surface area contributed by atoms with Crippen LogP contribution in [0.1, 0.15) is 24.8 Å². The topological polar surface area (TPSA) is 37.0 Å². The van der Waals surface area contributed by atoms with E-state index in [4.69, 9.17) is 0 Å². The second-order valence-electron chi connectivity index (χ2n) is 4.74. The fourth-order valence-electron chi connectivity index (χ4n) is 2.10. The van der Waals surface area contributed by atoms with Crippen molar-refractivity contribution in [3.05, 3.63) is 17.7 Å². The van der Waals surface area contributed by atoms with Crippen LogP contribution in [0.15, 0.2) is 12.1 Å². The maximum Gasteiger partial charge on any atom is 0.416 e. The molecule has 1 aliphatic rings. The number of hydrogen-bond donors (Lipinski definition) is 2. The molecule has 1 aromatic rings. The van der Waals surface area contributed by atoms with Crippen LogP contribution in [0.4, 0.5) is 24.8 Å². The van der Waals surface area contributed by atoms with Crippen molar-refractivity contribution in [2.24, 2.45) is 0 Å². The zero-order valence-electron chi connectivity index (χ0n) is 11.3. The maximum atomic E-state index is 12.8. The first-order valence-corrected chi connectivity index (χ1v) is 7.66. The zero-order valence-corrected chi connectivity index (χ0v) is 12.1. The lowest BCUT2D eigenvalue weighted by atomic mass is 10.2. The molecule has 0 saturated carbocycles. The standard InChI is InChI=1S/C13H18F3N3S/c1-17-11-6-9(13(14,15)16)7-12(19-11)18-8-10-4-2-3-5-20-10/h6-7,10H,2-5,8H2,1H3,(H2,17,18,19). The predicted molar refractivity (Wildman–Crippen MR) is 77.4 cm³/mol. The molecule has 20 heavy (non-hydrogen) atoms. The lowest BCUT2D eigenvalue weighted by Crippen LogP contribution is -2.21. The molecule has 0 spiro atoms. The Kier molecular flexibility index (Phi) is 5.01. The molecule has 2 N–H and O–H groups in total. The third-order valence-electron chi connectivity index (χ3n) is 3.19. The van der Waals surface area contributed by atoms with Crippen molar-refractivity contribution in [1.29, 1.82) is 0 Å². The van der Waals surface area contributed by atoms with Gasteiger partial charge < -0.3 is 10.6 Å². The molecular weight excluding hydrogens is 287 g/mol. The van der Waals surface area contributed by atoms with Gasteiger partial charge in [0, 0.05) is 18.8 Å². The van der Waals surface area contributed by atoms with E-state index in [1.54, 1.807) is 7.05 Å². The van der Waals surface area contributed by atoms with Gasteiger partial charge >= 0.3 is 6.18 Å². The number of thioether (sulfide) groups is 1. The quantitative estimate of drug-likeness (QED) is 0.886. The summed E-state index contributed by atoms with van der Waals surface area (Å²) in [5.41, 5.74) is -0.685. The van der Waals surface area contributed by atoms with Gasteiger partial charge in [0.2, 0.25) is 0 Å². The summed E-state index contributed by atoms with van der Waals surface area (Å²) in [6.07, 6.45) is -0.829. The van der Waals surface area contributed by atoms with Gasteiger partial charge in [0.25, 0.3) is 0 Å². The SMILES string of the molecule is CNc1cc(C(F)(F)F)cc(NCC2CCCCS2)n1. The molecule has 1 fully saturated rings. The molecule has 0 aromatic carbocycles. The van der Waals surface area contributed by atoms with Gasteiger partial charge in [-0.05, 0) is 30.7 Å². The van der Waals surface area contributed by atoms with Crippen LogP contribution in [0.25, 0.3) is 0 Å². The van der Waals surface area contributed by atoms with Crippen LogP contribution in [0.3, 0.4) is 0 Å². The molecule has 2 rings (SSSR count). The van der Waals surface area contributed by atoms with E-state index in [9.17, 15) is 13.2 Å². The van der Waals surface area contributed by atoms with Crippen molar-refractivity contribution in [3.63, 3.8) is 0 Å². The monoisotopic (exact) mass is 305 g/mol.